The van der Waals surface area contributed by atoms with Crippen molar-refractivity contribution in [3.63, 3.8) is 0 Å². The predicted molar refractivity (Wildman–Crippen MR) is 210 cm³/mol. The lowest BCUT2D eigenvalue weighted by molar-refractivity contribution is 1.09. The van der Waals surface area contributed by atoms with Gasteiger partial charge in [0.25, 0.3) is 0 Å². The van der Waals surface area contributed by atoms with Crippen molar-refractivity contribution in [3.8, 4) is 28.3 Å². The first-order chi connectivity index (χ1) is 24.8. The van der Waals surface area contributed by atoms with Crippen LogP contribution in [-0.2, 0) is 0 Å². The van der Waals surface area contributed by atoms with Crippen LogP contribution in [0.1, 0.15) is 0 Å². The number of thiophene rings is 1. The van der Waals surface area contributed by atoms with Gasteiger partial charge in [-0.3, -0.25) is 9.55 Å². The van der Waals surface area contributed by atoms with Crippen LogP contribution in [0.4, 0.5) is 0 Å². The van der Waals surface area contributed by atoms with E-state index >= 15 is 0 Å². The highest BCUT2D eigenvalue weighted by molar-refractivity contribution is 7.25. The van der Waals surface area contributed by atoms with Gasteiger partial charge in [-0.15, -0.1) is 11.3 Å². The van der Waals surface area contributed by atoms with E-state index < -0.39 is 0 Å². The molecular weight excluding hydrogens is 629 g/mol. The molecule has 5 heterocycles. The van der Waals surface area contributed by atoms with E-state index in [9.17, 15) is 0 Å². The Morgan fingerprint density at radius 3 is 2.10 bits per heavy atom. The smallest absolute Gasteiger partial charge is 0.138 e. The molecule has 0 N–H and O–H groups in total. The van der Waals surface area contributed by atoms with E-state index in [-0.39, 0.29) is 0 Å². The summed E-state index contributed by atoms with van der Waals surface area (Å²) in [6, 6.07) is 51.9. The molecule has 0 aliphatic rings. The van der Waals surface area contributed by atoms with Gasteiger partial charge in [0, 0.05) is 64.4 Å². The molecule has 0 aliphatic heterocycles. The maximum atomic E-state index is 5.40. The third kappa shape index (κ3) is 4.01. The van der Waals surface area contributed by atoms with E-state index in [4.69, 9.17) is 9.97 Å². The number of fused-ring (bicyclic) bond motifs is 10. The molecule has 11 rings (SSSR count). The zero-order chi connectivity index (χ0) is 32.8. The van der Waals surface area contributed by atoms with Crippen molar-refractivity contribution >= 4 is 85.8 Å². The molecule has 4 nitrogen and oxygen atoms in total. The van der Waals surface area contributed by atoms with Gasteiger partial charge in [-0.1, -0.05) is 103 Å². The Morgan fingerprint density at radius 1 is 0.440 bits per heavy atom. The highest BCUT2D eigenvalue weighted by Crippen LogP contribution is 2.41. The molecule has 6 aromatic carbocycles. The minimum Gasteiger partial charge on any atom is -0.292 e. The van der Waals surface area contributed by atoms with Gasteiger partial charge in [-0.25, -0.2) is 9.97 Å². The Bertz CT molecular complexity index is 3160. The van der Waals surface area contributed by atoms with Gasteiger partial charge in [0.1, 0.15) is 5.82 Å². The largest absolute Gasteiger partial charge is 0.292 e. The lowest BCUT2D eigenvalue weighted by atomic mass is 9.98. The minimum absolute atomic E-state index is 0.866. The number of nitrogens with zero attached hydrogens (tertiary/aromatic N) is 4. The van der Waals surface area contributed by atoms with Crippen LogP contribution < -0.4 is 0 Å². The summed E-state index contributed by atoms with van der Waals surface area (Å²) in [5.41, 5.74) is 7.24. The first-order valence-corrected chi connectivity index (χ1v) is 17.6. The van der Waals surface area contributed by atoms with E-state index in [1.165, 1.54) is 30.9 Å². The number of aromatic nitrogens is 4. The Kier molecular flexibility index (Phi) is 5.80. The average molecular weight is 655 g/mol. The van der Waals surface area contributed by atoms with Crippen molar-refractivity contribution in [1.29, 1.82) is 0 Å². The first-order valence-electron chi connectivity index (χ1n) is 16.8. The number of benzene rings is 6. The molecule has 0 atom stereocenters. The summed E-state index contributed by atoms with van der Waals surface area (Å²) in [6.07, 6.45) is 3.83. The van der Waals surface area contributed by atoms with E-state index in [1.807, 2.05) is 29.8 Å². The van der Waals surface area contributed by atoms with E-state index in [2.05, 4.69) is 149 Å². The standard InChI is InChI=1S/C45H26N4S/c1-2-10-27(11-3-1)44-30-13-5-4-12-28(30)23-43(48-44)49-39-19-18-29(22-36(39)32-20-21-46-26-40(32)49)45-34-16-7-6-14-31(34)35-24-37-33-15-8-9-17-41(33)50-42(37)25-38(35)47-45/h1-26H. The highest BCUT2D eigenvalue weighted by atomic mass is 32.1. The van der Waals surface area contributed by atoms with Gasteiger partial charge in [0.15, 0.2) is 0 Å². The van der Waals surface area contributed by atoms with Crippen molar-refractivity contribution in [2.24, 2.45) is 0 Å². The lowest BCUT2D eigenvalue weighted by Gasteiger charge is -2.13. The van der Waals surface area contributed by atoms with Gasteiger partial charge in [0.05, 0.1) is 34.1 Å². The summed E-state index contributed by atoms with van der Waals surface area (Å²) in [4.78, 5) is 15.3. The molecule has 0 saturated heterocycles. The first kappa shape index (κ1) is 27.5. The van der Waals surface area contributed by atoms with Crippen molar-refractivity contribution < 1.29 is 0 Å². The fraction of sp³-hybridized carbons (Fsp3) is 0. The molecular formula is C45H26N4S. The number of hydrogen-bond acceptors (Lipinski definition) is 4. The summed E-state index contributed by atoms with van der Waals surface area (Å²) in [5.74, 6) is 0.866. The molecule has 232 valence electrons. The van der Waals surface area contributed by atoms with E-state index in [0.717, 1.165) is 71.8 Å². The summed E-state index contributed by atoms with van der Waals surface area (Å²) >= 11 is 1.83. The molecule has 0 saturated carbocycles. The SMILES string of the molecule is c1ccc(-c2nc(-n3c4ccc(-c5nc6cc7sc8ccccc8c7cc6c6ccccc56)cc4c4ccncc43)cc3ccccc23)cc1. The van der Waals surface area contributed by atoms with Gasteiger partial charge >= 0.3 is 0 Å². The Balaban J connectivity index is 1.16. The van der Waals surface area contributed by atoms with Crippen LogP contribution in [0.5, 0.6) is 0 Å². The second-order valence-corrected chi connectivity index (χ2v) is 13.9. The minimum atomic E-state index is 0.866. The average Bonchev–Trinajstić information content (AvgIpc) is 3.71. The second-order valence-electron chi connectivity index (χ2n) is 12.8. The van der Waals surface area contributed by atoms with E-state index in [1.54, 1.807) is 0 Å². The molecule has 0 unspecified atom stereocenters. The Hall–Kier alpha value is -6.43. The zero-order valence-electron chi connectivity index (χ0n) is 26.7. The van der Waals surface area contributed by atoms with Crippen LogP contribution >= 0.6 is 11.3 Å². The van der Waals surface area contributed by atoms with Gasteiger partial charge < -0.3 is 0 Å². The molecule has 0 aliphatic carbocycles. The van der Waals surface area contributed by atoms with Crippen LogP contribution in [-0.4, -0.2) is 19.5 Å². The van der Waals surface area contributed by atoms with Crippen LogP contribution in [0.25, 0.3) is 103 Å². The van der Waals surface area contributed by atoms with Crippen molar-refractivity contribution in [2.75, 3.05) is 0 Å². The summed E-state index contributed by atoms with van der Waals surface area (Å²) in [5, 5.41) is 10.7. The summed E-state index contributed by atoms with van der Waals surface area (Å²) < 4.78 is 4.82. The van der Waals surface area contributed by atoms with E-state index in [0.29, 0.717) is 0 Å². The predicted octanol–water partition coefficient (Wildman–Crippen LogP) is 12.1. The molecule has 0 bridgehead atoms. The molecule has 50 heavy (non-hydrogen) atoms. The molecule has 0 fully saturated rings. The third-order valence-electron chi connectivity index (χ3n) is 10.0. The monoisotopic (exact) mass is 654 g/mol. The van der Waals surface area contributed by atoms with Crippen molar-refractivity contribution in [2.45, 2.75) is 0 Å². The van der Waals surface area contributed by atoms with Crippen LogP contribution in [0, 0.1) is 0 Å². The zero-order valence-corrected chi connectivity index (χ0v) is 27.5. The Morgan fingerprint density at radius 2 is 1.20 bits per heavy atom. The quantitative estimate of drug-likeness (QED) is 0.178. The maximum absolute atomic E-state index is 5.40. The number of rotatable bonds is 3. The van der Waals surface area contributed by atoms with Crippen LogP contribution in [0.3, 0.4) is 0 Å². The fourth-order valence-corrected chi connectivity index (χ4v) is 8.89. The summed E-state index contributed by atoms with van der Waals surface area (Å²) in [7, 11) is 0. The maximum Gasteiger partial charge on any atom is 0.138 e. The van der Waals surface area contributed by atoms with Gasteiger partial charge in [-0.05, 0) is 53.2 Å². The van der Waals surface area contributed by atoms with Crippen molar-refractivity contribution in [3.05, 3.63) is 158 Å². The van der Waals surface area contributed by atoms with Gasteiger partial charge in [0.2, 0.25) is 0 Å². The lowest BCUT2D eigenvalue weighted by Crippen LogP contribution is -2.00. The topological polar surface area (TPSA) is 43.6 Å². The molecule has 11 aromatic rings. The number of pyridine rings is 3. The summed E-state index contributed by atoms with van der Waals surface area (Å²) in [6.45, 7) is 0. The molecule has 5 aromatic heterocycles. The fourth-order valence-electron chi connectivity index (χ4n) is 7.77. The van der Waals surface area contributed by atoms with Crippen molar-refractivity contribution in [1.82, 2.24) is 19.5 Å². The molecule has 0 spiro atoms. The molecule has 0 radical (unpaired) electrons. The molecule has 5 heteroatoms. The highest BCUT2D eigenvalue weighted by Gasteiger charge is 2.19. The molecule has 0 amide bonds. The number of hydrogen-bond donors (Lipinski definition) is 0. The van der Waals surface area contributed by atoms with Crippen LogP contribution in [0.2, 0.25) is 0 Å². The second kappa shape index (κ2) is 10.5. The van der Waals surface area contributed by atoms with Gasteiger partial charge in [-0.2, -0.15) is 0 Å². The Labute approximate surface area is 290 Å². The van der Waals surface area contributed by atoms with Crippen LogP contribution in [0.15, 0.2) is 158 Å². The third-order valence-corrected chi connectivity index (χ3v) is 11.2. The normalized spacial score (nSPS) is 12.0.